The lowest BCUT2D eigenvalue weighted by Gasteiger charge is -2.30. The van der Waals surface area contributed by atoms with E-state index < -0.39 is 0 Å². The molecule has 1 rings (SSSR count). The monoisotopic (exact) mass is 184 g/mol. The Kier molecular flexibility index (Phi) is 3.31. The van der Waals surface area contributed by atoms with Gasteiger partial charge in [0.25, 0.3) is 0 Å². The van der Waals surface area contributed by atoms with Gasteiger partial charge in [-0.3, -0.25) is 9.69 Å². The van der Waals surface area contributed by atoms with Crippen molar-refractivity contribution >= 4 is 5.91 Å². The molecule has 76 valence electrons. The number of amides is 1. The Balaban J connectivity index is 2.48. The molecule has 2 N–H and O–H groups in total. The zero-order valence-corrected chi connectivity index (χ0v) is 8.79. The molecule has 13 heavy (non-hydrogen) atoms. The number of nitrogens with zero attached hydrogens (tertiary/aromatic N) is 1. The molecular formula is C10H20N2O. The fraction of sp³-hybridized carbons (Fsp3) is 0.900. The summed E-state index contributed by atoms with van der Waals surface area (Å²) in [7, 11) is 0. The lowest BCUT2D eigenvalue weighted by atomic mass is 10.2. The van der Waals surface area contributed by atoms with Gasteiger partial charge >= 0.3 is 0 Å². The van der Waals surface area contributed by atoms with E-state index in [1.807, 2.05) is 6.92 Å². The predicted octanol–water partition coefficient (Wildman–Crippen LogP) is 0.981. The third-order valence-electron chi connectivity index (χ3n) is 2.74. The van der Waals surface area contributed by atoms with Crippen LogP contribution in [0.15, 0.2) is 0 Å². The van der Waals surface area contributed by atoms with Crippen molar-refractivity contribution in [3.63, 3.8) is 0 Å². The maximum atomic E-state index is 11.0. The van der Waals surface area contributed by atoms with Crippen molar-refractivity contribution < 1.29 is 4.79 Å². The summed E-state index contributed by atoms with van der Waals surface area (Å²) in [5.41, 5.74) is 5.29. The summed E-state index contributed by atoms with van der Waals surface area (Å²) in [5, 5.41) is 0. The van der Waals surface area contributed by atoms with Crippen LogP contribution in [0.5, 0.6) is 0 Å². The summed E-state index contributed by atoms with van der Waals surface area (Å²) < 4.78 is 0. The van der Waals surface area contributed by atoms with Crippen molar-refractivity contribution in [1.82, 2.24) is 4.90 Å². The number of hydrogen-bond acceptors (Lipinski definition) is 2. The molecule has 0 aliphatic heterocycles. The van der Waals surface area contributed by atoms with Crippen LogP contribution in [0.3, 0.4) is 0 Å². The van der Waals surface area contributed by atoms with Crippen molar-refractivity contribution in [2.75, 3.05) is 6.54 Å². The van der Waals surface area contributed by atoms with E-state index >= 15 is 0 Å². The van der Waals surface area contributed by atoms with E-state index in [1.165, 1.54) is 12.8 Å². The summed E-state index contributed by atoms with van der Waals surface area (Å²) >= 11 is 0. The number of carbonyl (C=O) groups excluding carboxylic acids is 1. The molecule has 0 radical (unpaired) electrons. The summed E-state index contributed by atoms with van der Waals surface area (Å²) in [6.45, 7) is 7.15. The zero-order chi connectivity index (χ0) is 10.0. The van der Waals surface area contributed by atoms with E-state index in [0.29, 0.717) is 6.04 Å². The first-order chi connectivity index (χ1) is 6.02. The molecule has 3 nitrogen and oxygen atoms in total. The van der Waals surface area contributed by atoms with Crippen LogP contribution < -0.4 is 5.73 Å². The fourth-order valence-corrected chi connectivity index (χ4v) is 1.58. The second kappa shape index (κ2) is 4.09. The molecule has 0 heterocycles. The number of primary amides is 1. The first-order valence-corrected chi connectivity index (χ1v) is 5.07. The lowest BCUT2D eigenvalue weighted by molar-refractivity contribution is -0.123. The third-order valence-corrected chi connectivity index (χ3v) is 2.74. The zero-order valence-electron chi connectivity index (χ0n) is 8.79. The average molecular weight is 184 g/mol. The van der Waals surface area contributed by atoms with Crippen LogP contribution in [0.25, 0.3) is 0 Å². The van der Waals surface area contributed by atoms with E-state index in [2.05, 4.69) is 18.7 Å². The SMILES string of the molecule is CC(C)N(CC1CC1)C(C)C(N)=O. The Hall–Kier alpha value is -0.570. The molecule has 1 amide bonds. The van der Waals surface area contributed by atoms with E-state index in [9.17, 15) is 4.79 Å². The summed E-state index contributed by atoms with van der Waals surface area (Å²) in [6.07, 6.45) is 2.63. The molecule has 1 saturated carbocycles. The Morgan fingerprint density at radius 3 is 2.31 bits per heavy atom. The standard InChI is InChI=1S/C10H20N2O/c1-7(2)12(6-9-4-5-9)8(3)10(11)13/h7-9H,4-6H2,1-3H3,(H2,11,13). The summed E-state index contributed by atoms with van der Waals surface area (Å²) in [4.78, 5) is 13.2. The molecule has 1 atom stereocenters. The lowest BCUT2D eigenvalue weighted by Crippen LogP contribution is -2.47. The van der Waals surface area contributed by atoms with Gasteiger partial charge < -0.3 is 5.73 Å². The number of rotatable bonds is 5. The van der Waals surface area contributed by atoms with Crippen molar-refractivity contribution in [1.29, 1.82) is 0 Å². The number of hydrogen-bond donors (Lipinski definition) is 1. The normalized spacial score (nSPS) is 19.5. The molecule has 0 aromatic rings. The largest absolute Gasteiger partial charge is 0.368 e. The minimum atomic E-state index is -0.214. The Labute approximate surface area is 80.3 Å². The topological polar surface area (TPSA) is 46.3 Å². The second-order valence-electron chi connectivity index (χ2n) is 4.31. The van der Waals surface area contributed by atoms with Crippen LogP contribution in [-0.2, 0) is 4.79 Å². The minimum absolute atomic E-state index is 0.124. The highest BCUT2D eigenvalue weighted by Crippen LogP contribution is 2.30. The van der Waals surface area contributed by atoms with E-state index in [-0.39, 0.29) is 11.9 Å². The summed E-state index contributed by atoms with van der Waals surface area (Å²) in [6, 6.07) is 0.281. The molecule has 0 spiro atoms. The van der Waals surface area contributed by atoms with E-state index in [0.717, 1.165) is 12.5 Å². The Morgan fingerprint density at radius 1 is 1.46 bits per heavy atom. The first kappa shape index (κ1) is 10.5. The molecule has 1 unspecified atom stereocenters. The molecule has 0 aromatic carbocycles. The smallest absolute Gasteiger partial charge is 0.234 e. The predicted molar refractivity (Wildman–Crippen MR) is 53.2 cm³/mol. The van der Waals surface area contributed by atoms with Gasteiger partial charge in [0.1, 0.15) is 0 Å². The number of nitrogens with two attached hydrogens (primary N) is 1. The fourth-order valence-electron chi connectivity index (χ4n) is 1.58. The van der Waals surface area contributed by atoms with Crippen LogP contribution >= 0.6 is 0 Å². The minimum Gasteiger partial charge on any atom is -0.368 e. The molecule has 1 aliphatic rings. The van der Waals surface area contributed by atoms with Gasteiger partial charge in [-0.15, -0.1) is 0 Å². The van der Waals surface area contributed by atoms with Crippen LogP contribution in [0.1, 0.15) is 33.6 Å². The third kappa shape index (κ3) is 2.99. The van der Waals surface area contributed by atoms with Crippen LogP contribution in [0, 0.1) is 5.92 Å². The maximum absolute atomic E-state index is 11.0. The molecule has 3 heteroatoms. The van der Waals surface area contributed by atoms with Gasteiger partial charge in [0.2, 0.25) is 5.91 Å². The van der Waals surface area contributed by atoms with Crippen molar-refractivity contribution in [2.45, 2.75) is 45.7 Å². The highest BCUT2D eigenvalue weighted by atomic mass is 16.1. The van der Waals surface area contributed by atoms with Gasteiger partial charge in [-0.05, 0) is 39.5 Å². The van der Waals surface area contributed by atoms with Gasteiger partial charge in [0.15, 0.2) is 0 Å². The second-order valence-corrected chi connectivity index (χ2v) is 4.31. The highest BCUT2D eigenvalue weighted by molar-refractivity contribution is 5.79. The highest BCUT2D eigenvalue weighted by Gasteiger charge is 2.29. The van der Waals surface area contributed by atoms with Crippen LogP contribution in [0.2, 0.25) is 0 Å². The molecule has 1 fully saturated rings. The van der Waals surface area contributed by atoms with E-state index in [4.69, 9.17) is 5.73 Å². The molecule has 0 saturated heterocycles. The Morgan fingerprint density at radius 2 is 2.00 bits per heavy atom. The van der Waals surface area contributed by atoms with Crippen LogP contribution in [-0.4, -0.2) is 29.4 Å². The van der Waals surface area contributed by atoms with Crippen LogP contribution in [0.4, 0.5) is 0 Å². The van der Waals surface area contributed by atoms with Gasteiger partial charge in [0.05, 0.1) is 6.04 Å². The van der Waals surface area contributed by atoms with Gasteiger partial charge in [0, 0.05) is 12.6 Å². The van der Waals surface area contributed by atoms with Gasteiger partial charge in [-0.1, -0.05) is 0 Å². The molecule has 0 aromatic heterocycles. The van der Waals surface area contributed by atoms with E-state index in [1.54, 1.807) is 0 Å². The molecule has 0 bridgehead atoms. The Bertz CT molecular complexity index is 187. The first-order valence-electron chi connectivity index (χ1n) is 5.07. The van der Waals surface area contributed by atoms with Crippen molar-refractivity contribution in [3.05, 3.63) is 0 Å². The molecule has 1 aliphatic carbocycles. The van der Waals surface area contributed by atoms with Crippen molar-refractivity contribution in [2.24, 2.45) is 11.7 Å². The average Bonchev–Trinajstić information content (AvgIpc) is 2.81. The maximum Gasteiger partial charge on any atom is 0.234 e. The molecular weight excluding hydrogens is 164 g/mol. The van der Waals surface area contributed by atoms with Gasteiger partial charge in [-0.2, -0.15) is 0 Å². The van der Waals surface area contributed by atoms with Gasteiger partial charge in [-0.25, -0.2) is 0 Å². The number of carbonyl (C=O) groups is 1. The summed E-state index contributed by atoms with van der Waals surface area (Å²) in [5.74, 6) is 0.596. The van der Waals surface area contributed by atoms with Crippen molar-refractivity contribution in [3.8, 4) is 0 Å². The quantitative estimate of drug-likeness (QED) is 0.692.